The van der Waals surface area contributed by atoms with E-state index >= 15 is 0 Å². The van der Waals surface area contributed by atoms with Gasteiger partial charge in [-0.15, -0.1) is 0 Å². The van der Waals surface area contributed by atoms with Crippen LogP contribution < -0.4 is 5.32 Å². The van der Waals surface area contributed by atoms with Crippen molar-refractivity contribution in [2.75, 3.05) is 20.1 Å². The van der Waals surface area contributed by atoms with Crippen LogP contribution in [0.1, 0.15) is 37.8 Å². The van der Waals surface area contributed by atoms with Crippen molar-refractivity contribution < 1.29 is 9.50 Å². The summed E-state index contributed by atoms with van der Waals surface area (Å²) in [5.41, 5.74) is 0.635. The summed E-state index contributed by atoms with van der Waals surface area (Å²) in [4.78, 5) is 2.17. The van der Waals surface area contributed by atoms with Crippen molar-refractivity contribution in [2.45, 2.75) is 38.3 Å². The van der Waals surface area contributed by atoms with Gasteiger partial charge < -0.3 is 10.4 Å². The van der Waals surface area contributed by atoms with E-state index in [-0.39, 0.29) is 17.6 Å². The van der Waals surface area contributed by atoms with Gasteiger partial charge in [0.05, 0.1) is 0 Å². The lowest BCUT2D eigenvalue weighted by Crippen LogP contribution is -2.43. The maximum absolute atomic E-state index is 13.8. The van der Waals surface area contributed by atoms with Gasteiger partial charge in [0, 0.05) is 30.3 Å². The smallest absolute Gasteiger partial charge is 0.131 e. The van der Waals surface area contributed by atoms with Crippen LogP contribution in [0.3, 0.4) is 0 Å². The molecule has 0 aromatic heterocycles. The van der Waals surface area contributed by atoms with Crippen molar-refractivity contribution in [3.05, 3.63) is 29.6 Å². The number of nitrogens with one attached hydrogen (secondary N) is 1. The summed E-state index contributed by atoms with van der Waals surface area (Å²) in [7, 11) is 2.02. The predicted molar refractivity (Wildman–Crippen MR) is 74.8 cm³/mol. The van der Waals surface area contributed by atoms with Gasteiger partial charge in [-0.05, 0) is 39.4 Å². The summed E-state index contributed by atoms with van der Waals surface area (Å²) in [5, 5.41) is 12.8. The first kappa shape index (κ1) is 14.3. The molecule has 1 heterocycles. The Morgan fingerprint density at radius 3 is 2.89 bits per heavy atom. The molecule has 0 spiro atoms. The molecule has 19 heavy (non-hydrogen) atoms. The van der Waals surface area contributed by atoms with Crippen LogP contribution in [-0.2, 0) is 0 Å². The molecule has 1 aromatic carbocycles. The van der Waals surface area contributed by atoms with Crippen molar-refractivity contribution in [3.63, 3.8) is 0 Å². The summed E-state index contributed by atoms with van der Waals surface area (Å²) in [5.74, 6) is -0.360. The van der Waals surface area contributed by atoms with Gasteiger partial charge in [-0.1, -0.05) is 12.5 Å². The van der Waals surface area contributed by atoms with Crippen LogP contribution in [0.15, 0.2) is 18.2 Å². The standard InChI is InChI=1S/C15H23FN2O/c1-11(14-7-6-13(19)9-15(14)16)18(2)10-12-5-3-4-8-17-12/h6-7,9,11-12,17,19H,3-5,8,10H2,1-2H3. The van der Waals surface area contributed by atoms with Gasteiger partial charge in [0.15, 0.2) is 0 Å². The maximum Gasteiger partial charge on any atom is 0.131 e. The fourth-order valence-corrected chi connectivity index (χ4v) is 2.68. The minimum atomic E-state index is -0.337. The molecule has 1 aliphatic heterocycles. The summed E-state index contributed by atoms with van der Waals surface area (Å²) in [6.45, 7) is 4.00. The lowest BCUT2D eigenvalue weighted by atomic mass is 10.0. The molecule has 0 radical (unpaired) electrons. The number of nitrogens with zero attached hydrogens (tertiary/aromatic N) is 1. The molecule has 106 valence electrons. The Morgan fingerprint density at radius 1 is 1.47 bits per heavy atom. The first-order chi connectivity index (χ1) is 9.08. The molecular weight excluding hydrogens is 243 g/mol. The van der Waals surface area contributed by atoms with Gasteiger partial charge in [0.1, 0.15) is 11.6 Å². The molecule has 2 N–H and O–H groups in total. The van der Waals surface area contributed by atoms with Crippen LogP contribution in [0.5, 0.6) is 5.75 Å². The first-order valence-corrected chi connectivity index (χ1v) is 7.00. The molecule has 0 bridgehead atoms. The molecule has 1 aromatic rings. The van der Waals surface area contributed by atoms with E-state index in [4.69, 9.17) is 0 Å². The predicted octanol–water partition coefficient (Wildman–Crippen LogP) is 2.67. The number of likely N-dealkylation sites (N-methyl/N-ethyl adjacent to an activating group) is 1. The first-order valence-electron chi connectivity index (χ1n) is 7.00. The fourth-order valence-electron chi connectivity index (χ4n) is 2.68. The molecule has 4 heteroatoms. The van der Waals surface area contributed by atoms with E-state index in [2.05, 4.69) is 10.2 Å². The van der Waals surface area contributed by atoms with Gasteiger partial charge >= 0.3 is 0 Å². The molecule has 0 amide bonds. The third-order valence-corrected chi connectivity index (χ3v) is 4.02. The minimum Gasteiger partial charge on any atom is -0.508 e. The highest BCUT2D eigenvalue weighted by Gasteiger charge is 2.20. The van der Waals surface area contributed by atoms with Gasteiger partial charge in [-0.2, -0.15) is 0 Å². The largest absolute Gasteiger partial charge is 0.508 e. The van der Waals surface area contributed by atoms with Gasteiger partial charge in [-0.3, -0.25) is 4.90 Å². The minimum absolute atomic E-state index is 0.00401. The van der Waals surface area contributed by atoms with E-state index in [9.17, 15) is 9.50 Å². The molecule has 2 rings (SSSR count). The number of hydrogen-bond donors (Lipinski definition) is 2. The fraction of sp³-hybridized carbons (Fsp3) is 0.600. The Balaban J connectivity index is 1.99. The lowest BCUT2D eigenvalue weighted by Gasteiger charge is -2.32. The van der Waals surface area contributed by atoms with E-state index in [1.165, 1.54) is 25.3 Å². The average Bonchev–Trinajstić information content (AvgIpc) is 2.39. The Kier molecular flexibility index (Phi) is 4.77. The summed E-state index contributed by atoms with van der Waals surface area (Å²) in [6, 6.07) is 4.89. The highest BCUT2D eigenvalue weighted by atomic mass is 19.1. The maximum atomic E-state index is 13.8. The Hall–Kier alpha value is -1.13. The van der Waals surface area contributed by atoms with E-state index in [0.29, 0.717) is 11.6 Å². The van der Waals surface area contributed by atoms with Crippen LogP contribution in [0.4, 0.5) is 4.39 Å². The highest BCUT2D eigenvalue weighted by molar-refractivity contribution is 5.29. The van der Waals surface area contributed by atoms with Crippen molar-refractivity contribution in [1.29, 1.82) is 0 Å². The average molecular weight is 266 g/mol. The molecular formula is C15H23FN2O. The van der Waals surface area contributed by atoms with Crippen LogP contribution >= 0.6 is 0 Å². The Morgan fingerprint density at radius 2 is 2.26 bits per heavy atom. The molecule has 0 saturated carbocycles. The van der Waals surface area contributed by atoms with Crippen molar-refractivity contribution in [1.82, 2.24) is 10.2 Å². The zero-order chi connectivity index (χ0) is 13.8. The summed E-state index contributed by atoms with van der Waals surface area (Å²) >= 11 is 0. The third-order valence-electron chi connectivity index (χ3n) is 4.02. The number of rotatable bonds is 4. The molecule has 1 fully saturated rings. The normalized spacial score (nSPS) is 21.6. The quantitative estimate of drug-likeness (QED) is 0.879. The monoisotopic (exact) mass is 266 g/mol. The Bertz CT molecular complexity index is 419. The van der Waals surface area contributed by atoms with Crippen LogP contribution in [0.2, 0.25) is 0 Å². The van der Waals surface area contributed by atoms with Gasteiger partial charge in [0.25, 0.3) is 0 Å². The number of aromatic hydroxyl groups is 1. The second-order valence-corrected chi connectivity index (χ2v) is 5.47. The van der Waals surface area contributed by atoms with E-state index in [1.807, 2.05) is 14.0 Å². The summed E-state index contributed by atoms with van der Waals surface area (Å²) in [6.07, 6.45) is 3.71. The van der Waals surface area contributed by atoms with Crippen LogP contribution in [-0.4, -0.2) is 36.2 Å². The number of hydrogen-bond acceptors (Lipinski definition) is 3. The topological polar surface area (TPSA) is 35.5 Å². The van der Waals surface area contributed by atoms with E-state index in [1.54, 1.807) is 12.1 Å². The van der Waals surface area contributed by atoms with Crippen molar-refractivity contribution >= 4 is 0 Å². The third kappa shape index (κ3) is 3.67. The number of phenolic OH excluding ortho intramolecular Hbond substituents is 1. The second-order valence-electron chi connectivity index (χ2n) is 5.47. The van der Waals surface area contributed by atoms with Gasteiger partial charge in [0.2, 0.25) is 0 Å². The lowest BCUT2D eigenvalue weighted by molar-refractivity contribution is 0.211. The molecule has 3 nitrogen and oxygen atoms in total. The van der Waals surface area contributed by atoms with Crippen LogP contribution in [0.25, 0.3) is 0 Å². The molecule has 1 saturated heterocycles. The number of halogens is 1. The summed E-state index contributed by atoms with van der Waals surface area (Å²) < 4.78 is 13.8. The molecule has 1 aliphatic rings. The SMILES string of the molecule is CC(c1ccc(O)cc1F)N(C)CC1CCCCN1. The zero-order valence-electron chi connectivity index (χ0n) is 11.7. The van der Waals surface area contributed by atoms with Crippen LogP contribution in [0, 0.1) is 5.82 Å². The number of benzene rings is 1. The second kappa shape index (κ2) is 6.35. The Labute approximate surface area is 114 Å². The molecule has 2 atom stereocenters. The zero-order valence-corrected chi connectivity index (χ0v) is 11.7. The highest BCUT2D eigenvalue weighted by Crippen LogP contribution is 2.25. The molecule has 0 aliphatic carbocycles. The van der Waals surface area contributed by atoms with Gasteiger partial charge in [-0.25, -0.2) is 4.39 Å². The number of phenols is 1. The number of piperidine rings is 1. The van der Waals surface area contributed by atoms with Crippen molar-refractivity contribution in [2.24, 2.45) is 0 Å². The van der Waals surface area contributed by atoms with Crippen molar-refractivity contribution in [3.8, 4) is 5.75 Å². The molecule has 2 unspecified atom stereocenters. The van der Waals surface area contributed by atoms with E-state index < -0.39 is 0 Å². The van der Waals surface area contributed by atoms with E-state index in [0.717, 1.165) is 13.1 Å².